The molecule has 29 heavy (non-hydrogen) atoms. The van der Waals surface area contributed by atoms with E-state index in [0.29, 0.717) is 55.2 Å². The average Bonchev–Trinajstić information content (AvgIpc) is 3.37. The van der Waals surface area contributed by atoms with E-state index >= 15 is 0 Å². The lowest BCUT2D eigenvalue weighted by molar-refractivity contribution is -0.247. The number of hydrogen-bond donors (Lipinski definition) is 0. The zero-order valence-electron chi connectivity index (χ0n) is 17.5. The van der Waals surface area contributed by atoms with Crippen LogP contribution in [-0.2, 0) is 28.5 Å². The molecular formula is C23H32O6. The molecule has 4 aliphatic carbocycles. The second-order valence-electron chi connectivity index (χ2n) is 11.0. The van der Waals surface area contributed by atoms with Gasteiger partial charge in [0.15, 0.2) is 13.6 Å². The molecule has 2 aliphatic heterocycles. The molecule has 0 aromatic carbocycles. The van der Waals surface area contributed by atoms with Crippen LogP contribution in [0.4, 0.5) is 0 Å². The van der Waals surface area contributed by atoms with Crippen molar-refractivity contribution in [2.24, 2.45) is 34.5 Å². The van der Waals surface area contributed by atoms with Crippen molar-refractivity contribution in [1.29, 1.82) is 0 Å². The quantitative estimate of drug-likeness (QED) is 0.617. The number of hydrogen-bond acceptors (Lipinski definition) is 6. The van der Waals surface area contributed by atoms with Gasteiger partial charge in [-0.2, -0.15) is 0 Å². The summed E-state index contributed by atoms with van der Waals surface area (Å²) in [5, 5.41) is 0. The van der Waals surface area contributed by atoms with Gasteiger partial charge in [0.05, 0.1) is 0 Å². The van der Waals surface area contributed by atoms with Gasteiger partial charge in [-0.05, 0) is 55.3 Å². The van der Waals surface area contributed by atoms with Crippen molar-refractivity contribution in [2.75, 3.05) is 20.2 Å². The lowest BCUT2D eigenvalue weighted by Crippen LogP contribution is -2.66. The third-order valence-corrected chi connectivity index (χ3v) is 10.2. The highest BCUT2D eigenvalue weighted by atomic mass is 16.9. The Bertz CT molecular complexity index is 753. The maximum Gasteiger partial charge on any atom is 0.226 e. The van der Waals surface area contributed by atoms with E-state index in [9.17, 15) is 9.59 Å². The SMILES string of the molecule is C[C@]12CCC(=O)C[C@H]1CC[C@@H]1[C@H]2C(=O)C[C@@]2(C)[C@@H]1CC[C@@]21OCO[C@]12COCO2. The van der Waals surface area contributed by atoms with Gasteiger partial charge in [-0.3, -0.25) is 9.59 Å². The molecule has 0 aromatic heterocycles. The molecule has 0 amide bonds. The van der Waals surface area contributed by atoms with Crippen LogP contribution in [0.5, 0.6) is 0 Å². The minimum Gasteiger partial charge on any atom is -0.350 e. The van der Waals surface area contributed by atoms with Crippen molar-refractivity contribution in [2.45, 2.75) is 76.6 Å². The average molecular weight is 405 g/mol. The van der Waals surface area contributed by atoms with E-state index in [4.69, 9.17) is 18.9 Å². The van der Waals surface area contributed by atoms with Gasteiger partial charge in [-0.25, -0.2) is 0 Å². The van der Waals surface area contributed by atoms with E-state index < -0.39 is 11.4 Å². The summed E-state index contributed by atoms with van der Waals surface area (Å²) in [5.74, 6) is 1.14. The first kappa shape index (κ1) is 18.9. The lowest BCUT2D eigenvalue weighted by atomic mass is 9.43. The maximum absolute atomic E-state index is 13.8. The first-order chi connectivity index (χ1) is 13.9. The summed E-state index contributed by atoms with van der Waals surface area (Å²) in [6.45, 7) is 5.35. The van der Waals surface area contributed by atoms with Gasteiger partial charge >= 0.3 is 0 Å². The molecule has 6 rings (SSSR count). The summed E-state index contributed by atoms with van der Waals surface area (Å²) in [7, 11) is 0. The highest BCUT2D eigenvalue weighted by molar-refractivity contribution is 5.86. The second-order valence-corrected chi connectivity index (χ2v) is 11.0. The zero-order chi connectivity index (χ0) is 20.1. The molecule has 0 N–H and O–H groups in total. The van der Waals surface area contributed by atoms with Crippen molar-refractivity contribution in [3.63, 3.8) is 0 Å². The molecule has 6 heteroatoms. The number of carbonyl (C=O) groups excluding carboxylic acids is 2. The fraction of sp³-hybridized carbons (Fsp3) is 0.913. The number of fused-ring (bicyclic) bond motifs is 7. The number of rotatable bonds is 0. The number of carbonyl (C=O) groups is 2. The van der Waals surface area contributed by atoms with Gasteiger partial charge in [0, 0.05) is 30.6 Å². The van der Waals surface area contributed by atoms with Gasteiger partial charge in [0.2, 0.25) is 5.79 Å². The summed E-state index contributed by atoms with van der Waals surface area (Å²) in [6.07, 6.45) is 6.71. The van der Waals surface area contributed by atoms with Crippen molar-refractivity contribution in [3.8, 4) is 0 Å². The van der Waals surface area contributed by atoms with Crippen molar-refractivity contribution in [1.82, 2.24) is 0 Å². The molecule has 0 bridgehead atoms. The minimum atomic E-state index is -0.873. The fourth-order valence-electron chi connectivity index (χ4n) is 8.83. The molecule has 6 nitrogen and oxygen atoms in total. The Kier molecular flexibility index (Phi) is 3.85. The largest absolute Gasteiger partial charge is 0.350 e. The van der Waals surface area contributed by atoms with Crippen LogP contribution < -0.4 is 0 Å². The molecule has 2 spiro atoms. The van der Waals surface area contributed by atoms with Gasteiger partial charge in [0.25, 0.3) is 0 Å². The molecule has 0 aromatic rings. The molecule has 160 valence electrons. The first-order valence-electron chi connectivity index (χ1n) is 11.4. The van der Waals surface area contributed by atoms with E-state index in [0.717, 1.165) is 32.1 Å². The van der Waals surface area contributed by atoms with Gasteiger partial charge in [0.1, 0.15) is 23.8 Å². The molecule has 2 heterocycles. The second kappa shape index (κ2) is 5.90. The monoisotopic (exact) mass is 404 g/mol. The predicted octanol–water partition coefficient (Wildman–Crippen LogP) is 3.22. The van der Waals surface area contributed by atoms with Crippen molar-refractivity contribution in [3.05, 3.63) is 0 Å². The topological polar surface area (TPSA) is 71.1 Å². The Labute approximate surface area is 172 Å². The normalized spacial score (nSPS) is 56.6. The van der Waals surface area contributed by atoms with Crippen LogP contribution in [0.25, 0.3) is 0 Å². The molecule has 2 saturated heterocycles. The fourth-order valence-corrected chi connectivity index (χ4v) is 8.83. The van der Waals surface area contributed by atoms with Crippen LogP contribution in [0.15, 0.2) is 0 Å². The Morgan fingerprint density at radius 1 is 0.966 bits per heavy atom. The van der Waals surface area contributed by atoms with Crippen LogP contribution in [0.2, 0.25) is 0 Å². The highest BCUT2D eigenvalue weighted by Gasteiger charge is 2.77. The van der Waals surface area contributed by atoms with Gasteiger partial charge in [-0.1, -0.05) is 13.8 Å². The van der Waals surface area contributed by atoms with Crippen LogP contribution in [-0.4, -0.2) is 43.1 Å². The van der Waals surface area contributed by atoms with E-state index in [1.54, 1.807) is 0 Å². The standard InChI is InChI=1S/C23H32O6/c1-20-7-5-15(24)9-14(20)3-4-16-17-6-8-22(21(17,2)10-18(25)19(16)20)23(29-13-27-22)11-26-12-28-23/h14,16-17,19H,3-13H2,1-2H3/t14-,16+,17-,19+,20+,21+,22-,23-/m1/s1. The third-order valence-electron chi connectivity index (χ3n) is 10.2. The summed E-state index contributed by atoms with van der Waals surface area (Å²) in [6, 6.07) is 0. The molecule has 0 unspecified atom stereocenters. The van der Waals surface area contributed by atoms with Gasteiger partial charge < -0.3 is 18.9 Å². The number of ether oxygens (including phenoxy) is 4. The van der Waals surface area contributed by atoms with E-state index in [-0.39, 0.29) is 30.3 Å². The highest BCUT2D eigenvalue weighted by Crippen LogP contribution is 2.71. The molecule has 4 saturated carbocycles. The summed E-state index contributed by atoms with van der Waals surface area (Å²) in [5.41, 5.74) is -0.937. The lowest BCUT2D eigenvalue weighted by Gasteiger charge is -2.60. The molecule has 8 atom stereocenters. The molecule has 6 aliphatic rings. The van der Waals surface area contributed by atoms with E-state index in [1.165, 1.54) is 0 Å². The summed E-state index contributed by atoms with van der Waals surface area (Å²) < 4.78 is 24.0. The summed E-state index contributed by atoms with van der Waals surface area (Å²) in [4.78, 5) is 25.9. The molecular weight excluding hydrogens is 372 g/mol. The Morgan fingerprint density at radius 3 is 2.59 bits per heavy atom. The first-order valence-corrected chi connectivity index (χ1v) is 11.4. The minimum absolute atomic E-state index is 0.0251. The summed E-state index contributed by atoms with van der Waals surface area (Å²) >= 11 is 0. The van der Waals surface area contributed by atoms with E-state index in [2.05, 4.69) is 13.8 Å². The number of ketones is 2. The van der Waals surface area contributed by atoms with E-state index in [1.807, 2.05) is 0 Å². The Balaban J connectivity index is 1.39. The smallest absolute Gasteiger partial charge is 0.226 e. The Morgan fingerprint density at radius 2 is 1.79 bits per heavy atom. The van der Waals surface area contributed by atoms with Crippen LogP contribution in [0, 0.1) is 34.5 Å². The third kappa shape index (κ3) is 2.12. The Hall–Kier alpha value is -0.820. The number of Topliss-reactive ketones (excluding diaryl/α,β-unsaturated/α-hetero) is 2. The molecule has 6 fully saturated rings. The van der Waals surface area contributed by atoms with Gasteiger partial charge in [-0.15, -0.1) is 0 Å². The van der Waals surface area contributed by atoms with Crippen LogP contribution in [0.3, 0.4) is 0 Å². The maximum atomic E-state index is 13.8. The van der Waals surface area contributed by atoms with Crippen LogP contribution >= 0.6 is 0 Å². The van der Waals surface area contributed by atoms with Crippen molar-refractivity contribution < 1.29 is 28.5 Å². The predicted molar refractivity (Wildman–Crippen MR) is 102 cm³/mol. The molecule has 0 radical (unpaired) electrons. The van der Waals surface area contributed by atoms with Crippen molar-refractivity contribution >= 4 is 11.6 Å². The van der Waals surface area contributed by atoms with Crippen LogP contribution in [0.1, 0.15) is 65.2 Å². The zero-order valence-corrected chi connectivity index (χ0v) is 17.5.